The van der Waals surface area contributed by atoms with Crippen molar-refractivity contribution < 1.29 is 0 Å². The number of pyridine rings is 1. The Morgan fingerprint density at radius 3 is 2.93 bits per heavy atom. The first-order valence-corrected chi connectivity index (χ1v) is 10.6. The van der Waals surface area contributed by atoms with E-state index in [-0.39, 0.29) is 11.0 Å². The average molecular weight is 392 g/mol. The molecule has 5 heterocycles. The number of para-hydroxylation sites is 1. The summed E-state index contributed by atoms with van der Waals surface area (Å²) < 4.78 is 3.26. The molecule has 6 rings (SSSR count). The summed E-state index contributed by atoms with van der Waals surface area (Å²) in [6.45, 7) is 3.10. The molecule has 142 valence electrons. The first-order chi connectivity index (χ1) is 13.6. The van der Waals surface area contributed by atoms with Gasteiger partial charge in [-0.05, 0) is 45.0 Å². The smallest absolute Gasteiger partial charge is 0.227 e. The minimum atomic E-state index is -0.0125. The SMILES string of the molecule is CN1CCCC12CCN(c1ncc3c(=O)cc4sc5ccccc5n4c3n1)C2. The summed E-state index contributed by atoms with van der Waals surface area (Å²) in [6, 6.07) is 9.93. The molecule has 0 amide bonds. The van der Waals surface area contributed by atoms with Crippen LogP contribution in [0.25, 0.3) is 26.1 Å². The Morgan fingerprint density at radius 1 is 1.18 bits per heavy atom. The minimum absolute atomic E-state index is 0.0125. The number of rotatable bonds is 1. The zero-order valence-corrected chi connectivity index (χ0v) is 16.6. The molecule has 2 aliphatic heterocycles. The van der Waals surface area contributed by atoms with Gasteiger partial charge in [-0.1, -0.05) is 12.1 Å². The van der Waals surface area contributed by atoms with E-state index in [1.807, 2.05) is 12.1 Å². The van der Waals surface area contributed by atoms with Crippen LogP contribution in [0.5, 0.6) is 0 Å². The third-order valence-electron chi connectivity index (χ3n) is 6.59. The van der Waals surface area contributed by atoms with Gasteiger partial charge in [0, 0.05) is 30.9 Å². The topological polar surface area (TPSA) is 53.7 Å². The lowest BCUT2D eigenvalue weighted by Crippen LogP contribution is -2.43. The highest BCUT2D eigenvalue weighted by atomic mass is 32.1. The number of likely N-dealkylation sites (tertiary alicyclic amines) is 1. The molecule has 2 fully saturated rings. The number of hydrogen-bond acceptors (Lipinski definition) is 6. The molecular formula is C21H21N5OS. The number of fused-ring (bicyclic) bond motifs is 5. The zero-order chi connectivity index (χ0) is 18.9. The van der Waals surface area contributed by atoms with Gasteiger partial charge in [0.05, 0.1) is 15.6 Å². The number of likely N-dealkylation sites (N-methyl/N-ethyl adjacent to an activating group) is 1. The maximum atomic E-state index is 12.6. The number of nitrogens with zero attached hydrogens (tertiary/aromatic N) is 5. The average Bonchev–Trinajstić information content (AvgIpc) is 3.39. The van der Waals surface area contributed by atoms with Crippen molar-refractivity contribution in [2.24, 2.45) is 0 Å². The van der Waals surface area contributed by atoms with E-state index in [1.54, 1.807) is 23.6 Å². The largest absolute Gasteiger partial charge is 0.339 e. The fourth-order valence-corrected chi connectivity index (χ4v) is 6.06. The van der Waals surface area contributed by atoms with Crippen LogP contribution in [0.15, 0.2) is 41.3 Å². The molecule has 1 atom stereocenters. The van der Waals surface area contributed by atoms with Crippen LogP contribution in [0.3, 0.4) is 0 Å². The Balaban J connectivity index is 1.54. The van der Waals surface area contributed by atoms with Gasteiger partial charge in [0.2, 0.25) is 5.95 Å². The van der Waals surface area contributed by atoms with Crippen molar-refractivity contribution in [2.45, 2.75) is 24.8 Å². The molecule has 7 heteroatoms. The highest BCUT2D eigenvalue weighted by molar-refractivity contribution is 7.24. The normalized spacial score (nSPS) is 23.1. The lowest BCUT2D eigenvalue weighted by atomic mass is 9.96. The fraction of sp³-hybridized carbons (Fsp3) is 0.381. The third kappa shape index (κ3) is 2.20. The van der Waals surface area contributed by atoms with Gasteiger partial charge in [0.25, 0.3) is 0 Å². The predicted octanol–water partition coefficient (Wildman–Crippen LogP) is 3.13. The number of thiazole rings is 1. The van der Waals surface area contributed by atoms with Gasteiger partial charge in [-0.15, -0.1) is 11.3 Å². The van der Waals surface area contributed by atoms with Crippen molar-refractivity contribution in [1.29, 1.82) is 0 Å². The quantitative estimate of drug-likeness (QED) is 0.499. The number of hydrogen-bond donors (Lipinski definition) is 0. The molecule has 0 saturated carbocycles. The zero-order valence-electron chi connectivity index (χ0n) is 15.8. The van der Waals surface area contributed by atoms with Gasteiger partial charge in [0.15, 0.2) is 11.1 Å². The summed E-state index contributed by atoms with van der Waals surface area (Å²) in [5.41, 5.74) is 2.05. The highest BCUT2D eigenvalue weighted by Crippen LogP contribution is 2.37. The second-order valence-electron chi connectivity index (χ2n) is 8.08. The van der Waals surface area contributed by atoms with E-state index in [0.29, 0.717) is 11.0 Å². The first-order valence-electron chi connectivity index (χ1n) is 9.81. The maximum Gasteiger partial charge on any atom is 0.227 e. The van der Waals surface area contributed by atoms with E-state index in [9.17, 15) is 4.79 Å². The van der Waals surface area contributed by atoms with Crippen molar-refractivity contribution in [3.05, 3.63) is 46.8 Å². The maximum absolute atomic E-state index is 12.6. The molecular weight excluding hydrogens is 370 g/mol. The van der Waals surface area contributed by atoms with Gasteiger partial charge in [-0.25, -0.2) is 4.98 Å². The van der Waals surface area contributed by atoms with Crippen molar-refractivity contribution in [3.8, 4) is 0 Å². The van der Waals surface area contributed by atoms with E-state index >= 15 is 0 Å². The Labute approximate surface area is 166 Å². The van der Waals surface area contributed by atoms with Gasteiger partial charge < -0.3 is 4.90 Å². The Kier molecular flexibility index (Phi) is 3.38. The van der Waals surface area contributed by atoms with E-state index in [0.717, 1.165) is 40.5 Å². The molecule has 1 spiro atoms. The molecule has 1 unspecified atom stereocenters. The first kappa shape index (κ1) is 16.4. The van der Waals surface area contributed by atoms with Crippen LogP contribution in [0.1, 0.15) is 19.3 Å². The van der Waals surface area contributed by atoms with Crippen molar-refractivity contribution >= 4 is 43.4 Å². The van der Waals surface area contributed by atoms with Crippen LogP contribution in [0.2, 0.25) is 0 Å². The molecule has 3 aromatic heterocycles. The number of anilines is 1. The molecule has 4 aromatic rings. The summed E-state index contributed by atoms with van der Waals surface area (Å²) >= 11 is 1.63. The fourth-order valence-electron chi connectivity index (χ4n) is 4.98. The van der Waals surface area contributed by atoms with Gasteiger partial charge in [-0.2, -0.15) is 4.98 Å². The monoisotopic (exact) mass is 391 g/mol. The van der Waals surface area contributed by atoms with Crippen molar-refractivity contribution in [1.82, 2.24) is 19.3 Å². The summed E-state index contributed by atoms with van der Waals surface area (Å²) in [5, 5.41) is 0.580. The van der Waals surface area contributed by atoms with E-state index < -0.39 is 0 Å². The number of benzene rings is 1. The van der Waals surface area contributed by atoms with Crippen molar-refractivity contribution in [2.75, 3.05) is 31.6 Å². The van der Waals surface area contributed by atoms with E-state index in [2.05, 4.69) is 38.4 Å². The van der Waals surface area contributed by atoms with Crippen LogP contribution >= 0.6 is 11.3 Å². The third-order valence-corrected chi connectivity index (χ3v) is 7.66. The standard InChI is InChI=1S/C21H21N5OS/c1-24-9-4-7-21(24)8-10-25(13-21)20-22-12-14-16(27)11-18-26(19(14)23-20)15-5-2-3-6-17(15)28-18/h2-3,5-6,11-12H,4,7-10,13H2,1H3. The minimum Gasteiger partial charge on any atom is -0.339 e. The van der Waals surface area contributed by atoms with Gasteiger partial charge in [-0.3, -0.25) is 14.1 Å². The highest BCUT2D eigenvalue weighted by Gasteiger charge is 2.44. The lowest BCUT2D eigenvalue weighted by Gasteiger charge is -2.31. The predicted molar refractivity (Wildman–Crippen MR) is 114 cm³/mol. The van der Waals surface area contributed by atoms with E-state index in [1.165, 1.54) is 19.4 Å². The van der Waals surface area contributed by atoms with Crippen molar-refractivity contribution in [3.63, 3.8) is 0 Å². The second-order valence-corrected chi connectivity index (χ2v) is 9.14. The van der Waals surface area contributed by atoms with E-state index in [4.69, 9.17) is 4.98 Å². The molecule has 1 aromatic carbocycles. The molecule has 0 N–H and O–H groups in total. The van der Waals surface area contributed by atoms with Gasteiger partial charge in [0.1, 0.15) is 4.83 Å². The molecule has 0 radical (unpaired) electrons. The molecule has 6 nitrogen and oxygen atoms in total. The Morgan fingerprint density at radius 2 is 2.07 bits per heavy atom. The molecule has 0 bridgehead atoms. The summed E-state index contributed by atoms with van der Waals surface area (Å²) in [7, 11) is 2.23. The summed E-state index contributed by atoms with van der Waals surface area (Å²) in [5.74, 6) is 0.736. The molecule has 0 aliphatic carbocycles. The Hall–Kier alpha value is -2.51. The van der Waals surface area contributed by atoms with Crippen LogP contribution in [-0.4, -0.2) is 51.5 Å². The van der Waals surface area contributed by atoms with Crippen LogP contribution in [0, 0.1) is 0 Å². The van der Waals surface area contributed by atoms with Gasteiger partial charge >= 0.3 is 0 Å². The summed E-state index contributed by atoms with van der Waals surface area (Å²) in [4.78, 5) is 27.9. The van der Waals surface area contributed by atoms with Crippen LogP contribution in [-0.2, 0) is 0 Å². The molecule has 2 saturated heterocycles. The Bertz CT molecular complexity index is 1290. The van der Waals surface area contributed by atoms with Crippen LogP contribution < -0.4 is 10.3 Å². The molecule has 2 aliphatic rings. The second kappa shape index (κ2) is 5.75. The molecule has 28 heavy (non-hydrogen) atoms. The number of aromatic nitrogens is 3. The summed E-state index contributed by atoms with van der Waals surface area (Å²) in [6.07, 6.45) is 5.37. The lowest BCUT2D eigenvalue weighted by molar-refractivity contribution is 0.198. The van der Waals surface area contributed by atoms with Crippen LogP contribution in [0.4, 0.5) is 5.95 Å².